The highest BCUT2D eigenvalue weighted by Gasteiger charge is 2.02. The summed E-state index contributed by atoms with van der Waals surface area (Å²) in [5, 5.41) is 12.4. The van der Waals surface area contributed by atoms with Gasteiger partial charge in [0.05, 0.1) is 12.0 Å². The van der Waals surface area contributed by atoms with Crippen LogP contribution < -0.4 is 10.1 Å². The zero-order chi connectivity index (χ0) is 12.7. The van der Waals surface area contributed by atoms with Crippen LogP contribution in [-0.4, -0.2) is 30.2 Å². The van der Waals surface area contributed by atoms with Crippen molar-refractivity contribution in [3.63, 3.8) is 0 Å². The molecular formula is C13H18ClNO2. The quantitative estimate of drug-likeness (QED) is 0.581. The number of nitrogens with one attached hydrogen (secondary N) is 1. The second-order valence-electron chi connectivity index (χ2n) is 3.96. The minimum Gasteiger partial charge on any atom is -0.489 e. The Morgan fingerprint density at radius 3 is 3.00 bits per heavy atom. The summed E-state index contributed by atoms with van der Waals surface area (Å²) in [4.78, 5) is 0. The van der Waals surface area contributed by atoms with Gasteiger partial charge >= 0.3 is 0 Å². The number of aliphatic hydroxyl groups excluding tert-OH is 1. The lowest BCUT2D eigenvalue weighted by Gasteiger charge is -2.11. The molecule has 0 amide bonds. The van der Waals surface area contributed by atoms with E-state index in [0.717, 1.165) is 17.0 Å². The Kier molecular flexibility index (Phi) is 5.87. The molecule has 0 saturated heterocycles. The van der Waals surface area contributed by atoms with Gasteiger partial charge in [-0.3, -0.25) is 0 Å². The number of aliphatic hydroxyl groups is 1. The van der Waals surface area contributed by atoms with Gasteiger partial charge in [0.1, 0.15) is 12.4 Å². The van der Waals surface area contributed by atoms with Crippen LogP contribution in [0.2, 0.25) is 0 Å². The highest BCUT2D eigenvalue weighted by molar-refractivity contribution is 6.18. The number of benzene rings is 1. The van der Waals surface area contributed by atoms with E-state index in [9.17, 15) is 5.11 Å². The highest BCUT2D eigenvalue weighted by Crippen LogP contribution is 2.17. The maximum absolute atomic E-state index is 9.33. The molecule has 0 aliphatic rings. The number of hydrogen-bond donors (Lipinski definition) is 2. The van der Waals surface area contributed by atoms with Crippen molar-refractivity contribution in [1.82, 2.24) is 0 Å². The lowest BCUT2D eigenvalue weighted by atomic mass is 10.3. The van der Waals surface area contributed by atoms with Crippen LogP contribution in [0.5, 0.6) is 5.75 Å². The van der Waals surface area contributed by atoms with E-state index in [0.29, 0.717) is 13.2 Å². The van der Waals surface area contributed by atoms with Gasteiger partial charge in [0.15, 0.2) is 0 Å². The fourth-order valence-electron chi connectivity index (χ4n) is 1.19. The molecule has 94 valence electrons. The number of anilines is 1. The van der Waals surface area contributed by atoms with Crippen molar-refractivity contribution >= 4 is 17.3 Å². The van der Waals surface area contributed by atoms with Crippen molar-refractivity contribution < 1.29 is 9.84 Å². The molecule has 0 saturated carbocycles. The molecule has 0 aliphatic heterocycles. The van der Waals surface area contributed by atoms with E-state index in [1.165, 1.54) is 0 Å². The number of hydrogen-bond acceptors (Lipinski definition) is 3. The third-order valence-corrected chi connectivity index (χ3v) is 2.40. The van der Waals surface area contributed by atoms with E-state index in [1.54, 1.807) is 0 Å². The average molecular weight is 256 g/mol. The first-order valence-corrected chi connectivity index (χ1v) is 6.00. The lowest BCUT2D eigenvalue weighted by Crippen LogP contribution is -2.20. The first-order valence-electron chi connectivity index (χ1n) is 5.47. The molecule has 0 aromatic heterocycles. The summed E-state index contributed by atoms with van der Waals surface area (Å²) in [6.07, 6.45) is -0.545. The van der Waals surface area contributed by atoms with Crippen LogP contribution in [-0.2, 0) is 0 Å². The normalized spacial score (nSPS) is 11.9. The molecule has 1 atom stereocenters. The Morgan fingerprint density at radius 1 is 1.59 bits per heavy atom. The Morgan fingerprint density at radius 2 is 2.35 bits per heavy atom. The van der Waals surface area contributed by atoms with Crippen molar-refractivity contribution in [2.75, 3.05) is 24.3 Å². The third kappa shape index (κ3) is 5.61. The smallest absolute Gasteiger partial charge is 0.121 e. The monoisotopic (exact) mass is 255 g/mol. The lowest BCUT2D eigenvalue weighted by molar-refractivity contribution is 0.211. The zero-order valence-electron chi connectivity index (χ0n) is 9.95. The molecule has 0 bridgehead atoms. The minimum absolute atomic E-state index is 0.221. The van der Waals surface area contributed by atoms with E-state index >= 15 is 0 Å². The van der Waals surface area contributed by atoms with Crippen LogP contribution >= 0.6 is 11.6 Å². The number of alkyl halides is 1. The molecule has 0 radical (unpaired) electrons. The van der Waals surface area contributed by atoms with Gasteiger partial charge in [0.25, 0.3) is 0 Å². The van der Waals surface area contributed by atoms with Crippen LogP contribution in [0, 0.1) is 0 Å². The van der Waals surface area contributed by atoms with E-state index in [2.05, 4.69) is 11.9 Å². The van der Waals surface area contributed by atoms with Gasteiger partial charge in [-0.15, -0.1) is 11.6 Å². The van der Waals surface area contributed by atoms with Crippen LogP contribution in [0.25, 0.3) is 0 Å². The van der Waals surface area contributed by atoms with E-state index < -0.39 is 6.10 Å². The molecule has 3 nitrogen and oxygen atoms in total. The number of halogens is 1. The molecular weight excluding hydrogens is 238 g/mol. The zero-order valence-corrected chi connectivity index (χ0v) is 10.7. The van der Waals surface area contributed by atoms with Crippen molar-refractivity contribution in [2.45, 2.75) is 13.0 Å². The topological polar surface area (TPSA) is 41.5 Å². The van der Waals surface area contributed by atoms with Gasteiger partial charge in [0, 0.05) is 18.3 Å². The van der Waals surface area contributed by atoms with Crippen molar-refractivity contribution in [1.29, 1.82) is 0 Å². The molecule has 0 spiro atoms. The predicted molar refractivity (Wildman–Crippen MR) is 72.0 cm³/mol. The average Bonchev–Trinajstić information content (AvgIpc) is 2.34. The predicted octanol–water partition coefficient (Wildman–Crippen LogP) is 2.65. The van der Waals surface area contributed by atoms with Crippen LogP contribution in [0.1, 0.15) is 6.92 Å². The summed E-state index contributed by atoms with van der Waals surface area (Å²) in [7, 11) is 0. The summed E-state index contributed by atoms with van der Waals surface area (Å²) >= 11 is 5.51. The van der Waals surface area contributed by atoms with E-state index in [4.69, 9.17) is 16.3 Å². The fraction of sp³-hybridized carbons (Fsp3) is 0.385. The second kappa shape index (κ2) is 7.20. The summed E-state index contributed by atoms with van der Waals surface area (Å²) in [5.74, 6) is 0.997. The molecule has 4 heteroatoms. The Bertz CT molecular complexity index is 368. The van der Waals surface area contributed by atoms with Gasteiger partial charge in [-0.05, 0) is 24.6 Å². The van der Waals surface area contributed by atoms with Crippen LogP contribution in [0.4, 0.5) is 5.69 Å². The minimum atomic E-state index is -0.545. The highest BCUT2D eigenvalue weighted by atomic mass is 35.5. The van der Waals surface area contributed by atoms with Crippen molar-refractivity contribution in [3.05, 3.63) is 36.4 Å². The molecule has 1 rings (SSSR count). The van der Waals surface area contributed by atoms with E-state index in [-0.39, 0.29) is 5.88 Å². The second-order valence-corrected chi connectivity index (χ2v) is 4.27. The molecule has 2 N–H and O–H groups in total. The molecule has 0 heterocycles. The molecule has 1 aromatic rings. The molecule has 1 unspecified atom stereocenters. The maximum Gasteiger partial charge on any atom is 0.121 e. The van der Waals surface area contributed by atoms with Crippen molar-refractivity contribution in [2.24, 2.45) is 0 Å². The molecule has 17 heavy (non-hydrogen) atoms. The summed E-state index contributed by atoms with van der Waals surface area (Å²) in [6, 6.07) is 7.56. The summed E-state index contributed by atoms with van der Waals surface area (Å²) in [5.41, 5.74) is 1.87. The van der Waals surface area contributed by atoms with Gasteiger partial charge in [-0.25, -0.2) is 0 Å². The van der Waals surface area contributed by atoms with Crippen molar-refractivity contribution in [3.8, 4) is 5.75 Å². The molecule has 1 aromatic carbocycles. The van der Waals surface area contributed by atoms with Gasteiger partial charge in [-0.1, -0.05) is 12.6 Å². The molecule has 0 aliphatic carbocycles. The summed E-state index contributed by atoms with van der Waals surface area (Å²) < 4.78 is 5.51. The van der Waals surface area contributed by atoms with Gasteiger partial charge in [0.2, 0.25) is 0 Å². The van der Waals surface area contributed by atoms with Crippen LogP contribution in [0.3, 0.4) is 0 Å². The number of rotatable bonds is 7. The third-order valence-electron chi connectivity index (χ3n) is 2.04. The van der Waals surface area contributed by atoms with E-state index in [1.807, 2.05) is 31.2 Å². The first kappa shape index (κ1) is 13.9. The molecule has 0 fully saturated rings. The maximum atomic E-state index is 9.33. The Balaban J connectivity index is 2.50. The standard InChI is InChI=1S/C13H18ClNO2/c1-10(2)9-17-13-5-3-4-11(6-13)15-8-12(16)7-14/h3-6,12,15-16H,1,7-9H2,2H3. The summed E-state index contributed by atoms with van der Waals surface area (Å²) in [6.45, 7) is 6.62. The van der Waals surface area contributed by atoms with Gasteiger partial charge in [-0.2, -0.15) is 0 Å². The number of ether oxygens (including phenoxy) is 1. The SMILES string of the molecule is C=C(C)COc1cccc(NCC(O)CCl)c1. The fourth-order valence-corrected chi connectivity index (χ4v) is 1.30. The first-order chi connectivity index (χ1) is 8.11. The largest absolute Gasteiger partial charge is 0.489 e. The van der Waals surface area contributed by atoms with Gasteiger partial charge < -0.3 is 15.2 Å². The Hall–Kier alpha value is -1.19. The Labute approximate surface area is 107 Å². The van der Waals surface area contributed by atoms with Crippen LogP contribution in [0.15, 0.2) is 36.4 Å².